The average Bonchev–Trinajstić information content (AvgIpc) is 3.10. The van der Waals surface area contributed by atoms with E-state index in [0.29, 0.717) is 13.1 Å². The number of nitrogens with one attached hydrogen (secondary N) is 1. The molecule has 1 amide bonds. The fourth-order valence-electron chi connectivity index (χ4n) is 3.81. The van der Waals surface area contributed by atoms with Crippen LogP contribution < -0.4 is 11.1 Å². The van der Waals surface area contributed by atoms with Crippen LogP contribution in [0.5, 0.6) is 0 Å². The molecule has 160 valence electrons. The first-order valence-electron chi connectivity index (χ1n) is 10.8. The molecule has 5 nitrogen and oxygen atoms in total. The van der Waals surface area contributed by atoms with E-state index in [-0.39, 0.29) is 11.2 Å². The van der Waals surface area contributed by atoms with E-state index in [1.807, 2.05) is 4.90 Å². The first-order valence-corrected chi connectivity index (χ1v) is 10.8. The highest BCUT2D eigenvalue weighted by atomic mass is 16.2. The van der Waals surface area contributed by atoms with Gasteiger partial charge in [0.05, 0.1) is 6.54 Å². The molecule has 1 aliphatic rings. The highest BCUT2D eigenvalue weighted by molar-refractivity contribution is 6.03. The zero-order valence-electron chi connectivity index (χ0n) is 18.3. The highest BCUT2D eigenvalue weighted by Crippen LogP contribution is 2.28. The zero-order chi connectivity index (χ0) is 21.7. The number of benzene rings is 2. The van der Waals surface area contributed by atoms with Crippen molar-refractivity contribution in [2.75, 3.05) is 25.0 Å². The summed E-state index contributed by atoms with van der Waals surface area (Å²) in [4.78, 5) is 25.1. The summed E-state index contributed by atoms with van der Waals surface area (Å²) in [6.45, 7) is 8.36. The molecule has 0 radical (unpaired) electrons. The Hall–Kier alpha value is -2.66. The van der Waals surface area contributed by atoms with Crippen LogP contribution in [0.4, 0.5) is 11.4 Å². The van der Waals surface area contributed by atoms with Crippen LogP contribution in [0.1, 0.15) is 44.7 Å². The molecular weight excluding hydrogens is 374 g/mol. The molecule has 0 bridgehead atoms. The van der Waals surface area contributed by atoms with E-state index in [9.17, 15) is 9.59 Å². The minimum absolute atomic E-state index is 0.0517. The Kier molecular flexibility index (Phi) is 6.93. The molecule has 0 spiro atoms. The summed E-state index contributed by atoms with van der Waals surface area (Å²) < 4.78 is 0. The number of amides is 1. The number of nitrogens with two attached hydrogens (primary N) is 1. The molecule has 30 heavy (non-hydrogen) atoms. The van der Waals surface area contributed by atoms with Crippen molar-refractivity contribution in [3.05, 3.63) is 59.7 Å². The summed E-state index contributed by atoms with van der Waals surface area (Å²) in [6.07, 6.45) is 2.99. The number of carbonyl (C=O) groups excluding carboxylic acids is 2. The Morgan fingerprint density at radius 1 is 1.10 bits per heavy atom. The number of hydrogen-bond acceptors (Lipinski definition) is 4. The van der Waals surface area contributed by atoms with Gasteiger partial charge >= 0.3 is 0 Å². The number of ketones is 1. The SMILES string of the molecule is CCC(C)(C)c1ccc(Nc2ccc(CCCN3CC(=O)C(C(N)=O)C3)cc2)cc1. The lowest BCUT2D eigenvalue weighted by Gasteiger charge is -2.23. The Balaban J connectivity index is 1.47. The maximum absolute atomic E-state index is 11.8. The molecule has 1 fully saturated rings. The van der Waals surface area contributed by atoms with E-state index >= 15 is 0 Å². The topological polar surface area (TPSA) is 75.4 Å². The van der Waals surface area contributed by atoms with Crippen LogP contribution in [0, 0.1) is 5.92 Å². The molecule has 5 heteroatoms. The van der Waals surface area contributed by atoms with E-state index in [4.69, 9.17) is 5.73 Å². The van der Waals surface area contributed by atoms with Gasteiger partial charge in [0.1, 0.15) is 5.92 Å². The zero-order valence-corrected chi connectivity index (χ0v) is 18.3. The van der Waals surface area contributed by atoms with Gasteiger partial charge in [-0.05, 0) is 66.6 Å². The fourth-order valence-corrected chi connectivity index (χ4v) is 3.81. The van der Waals surface area contributed by atoms with E-state index < -0.39 is 11.8 Å². The van der Waals surface area contributed by atoms with Gasteiger partial charge in [-0.2, -0.15) is 0 Å². The van der Waals surface area contributed by atoms with Crippen LogP contribution in [0.3, 0.4) is 0 Å². The summed E-state index contributed by atoms with van der Waals surface area (Å²) >= 11 is 0. The first kappa shape index (κ1) is 22.0. The molecule has 3 rings (SSSR count). The van der Waals surface area contributed by atoms with Crippen molar-refractivity contribution in [3.63, 3.8) is 0 Å². The third-order valence-electron chi connectivity index (χ3n) is 6.28. The summed E-state index contributed by atoms with van der Waals surface area (Å²) in [5, 5.41) is 3.46. The van der Waals surface area contributed by atoms with Gasteiger partial charge in [-0.3, -0.25) is 14.5 Å². The molecule has 0 aliphatic carbocycles. The molecule has 1 saturated heterocycles. The lowest BCUT2D eigenvalue weighted by Crippen LogP contribution is -2.30. The van der Waals surface area contributed by atoms with E-state index in [2.05, 4.69) is 74.6 Å². The molecule has 0 saturated carbocycles. The maximum Gasteiger partial charge on any atom is 0.229 e. The second-order valence-electron chi connectivity index (χ2n) is 8.90. The standard InChI is InChI=1S/C25H33N3O2/c1-4-25(2,3)19-9-13-21(14-10-19)27-20-11-7-18(8-12-20)6-5-15-28-16-22(24(26)30)23(29)17-28/h7-14,22,27H,4-6,15-17H2,1-3H3,(H2,26,30). The van der Waals surface area contributed by atoms with Crippen molar-refractivity contribution in [1.82, 2.24) is 4.90 Å². The Morgan fingerprint density at radius 3 is 2.23 bits per heavy atom. The van der Waals surface area contributed by atoms with Crippen molar-refractivity contribution < 1.29 is 9.59 Å². The van der Waals surface area contributed by atoms with Crippen LogP contribution in [0.15, 0.2) is 48.5 Å². The third-order valence-corrected chi connectivity index (χ3v) is 6.28. The van der Waals surface area contributed by atoms with Gasteiger partial charge in [0.2, 0.25) is 5.91 Å². The van der Waals surface area contributed by atoms with E-state index in [1.54, 1.807) is 0 Å². The van der Waals surface area contributed by atoms with Crippen LogP contribution >= 0.6 is 0 Å². The monoisotopic (exact) mass is 407 g/mol. The van der Waals surface area contributed by atoms with Crippen LogP contribution in [-0.4, -0.2) is 36.2 Å². The fraction of sp³-hybridized carbons (Fsp3) is 0.440. The van der Waals surface area contributed by atoms with Crippen molar-refractivity contribution in [3.8, 4) is 0 Å². The Morgan fingerprint density at radius 2 is 1.70 bits per heavy atom. The van der Waals surface area contributed by atoms with Crippen molar-refractivity contribution in [1.29, 1.82) is 0 Å². The molecule has 1 atom stereocenters. The van der Waals surface area contributed by atoms with Gasteiger partial charge in [0.25, 0.3) is 0 Å². The summed E-state index contributed by atoms with van der Waals surface area (Å²) in [5.41, 5.74) is 10.2. The summed E-state index contributed by atoms with van der Waals surface area (Å²) in [5.74, 6) is -1.18. The molecule has 3 N–H and O–H groups in total. The number of rotatable bonds is 9. The normalized spacial score (nSPS) is 17.3. The summed E-state index contributed by atoms with van der Waals surface area (Å²) in [6, 6.07) is 17.1. The van der Waals surface area contributed by atoms with Crippen LogP contribution in [0.2, 0.25) is 0 Å². The Labute approximate surface area is 179 Å². The maximum atomic E-state index is 11.8. The van der Waals surface area contributed by atoms with Crippen molar-refractivity contribution >= 4 is 23.1 Å². The van der Waals surface area contributed by atoms with Gasteiger partial charge < -0.3 is 11.1 Å². The molecular formula is C25H33N3O2. The molecule has 0 aromatic heterocycles. The predicted molar refractivity (Wildman–Crippen MR) is 122 cm³/mol. The van der Waals surface area contributed by atoms with Crippen molar-refractivity contribution in [2.24, 2.45) is 11.7 Å². The van der Waals surface area contributed by atoms with Crippen LogP contribution in [0.25, 0.3) is 0 Å². The molecule has 1 unspecified atom stereocenters. The number of nitrogens with zero attached hydrogens (tertiary/aromatic N) is 1. The van der Waals surface area contributed by atoms with Gasteiger partial charge in [0.15, 0.2) is 5.78 Å². The lowest BCUT2D eigenvalue weighted by atomic mass is 9.82. The lowest BCUT2D eigenvalue weighted by molar-refractivity contribution is -0.129. The van der Waals surface area contributed by atoms with Gasteiger partial charge in [-0.15, -0.1) is 0 Å². The van der Waals surface area contributed by atoms with Crippen LogP contribution in [-0.2, 0) is 21.4 Å². The second-order valence-corrected chi connectivity index (χ2v) is 8.90. The van der Waals surface area contributed by atoms with Gasteiger partial charge in [-0.25, -0.2) is 0 Å². The molecule has 2 aromatic rings. The largest absolute Gasteiger partial charge is 0.369 e. The first-order chi connectivity index (χ1) is 14.3. The van der Waals surface area contributed by atoms with E-state index in [1.165, 1.54) is 11.1 Å². The van der Waals surface area contributed by atoms with Gasteiger partial charge in [0, 0.05) is 17.9 Å². The summed E-state index contributed by atoms with van der Waals surface area (Å²) in [7, 11) is 0. The number of aryl methyl sites for hydroxylation is 1. The average molecular weight is 408 g/mol. The molecule has 1 heterocycles. The smallest absolute Gasteiger partial charge is 0.229 e. The van der Waals surface area contributed by atoms with Gasteiger partial charge in [-0.1, -0.05) is 45.0 Å². The molecule has 2 aromatic carbocycles. The van der Waals surface area contributed by atoms with E-state index in [0.717, 1.165) is 37.2 Å². The highest BCUT2D eigenvalue weighted by Gasteiger charge is 2.34. The number of carbonyl (C=O) groups is 2. The van der Waals surface area contributed by atoms with Crippen molar-refractivity contribution in [2.45, 2.75) is 45.4 Å². The number of anilines is 2. The quantitative estimate of drug-likeness (QED) is 0.615. The number of likely N-dealkylation sites (tertiary alicyclic amines) is 1. The number of Topliss-reactive ketones (excluding diaryl/α,β-unsaturated/α-hetero) is 1. The number of primary amides is 1. The number of hydrogen-bond donors (Lipinski definition) is 2. The predicted octanol–water partition coefficient (Wildman–Crippen LogP) is 4.04. The minimum Gasteiger partial charge on any atom is -0.369 e. The third kappa shape index (κ3) is 5.48. The minimum atomic E-state index is -0.627. The Bertz CT molecular complexity index is 872. The second kappa shape index (κ2) is 9.43. The molecule has 1 aliphatic heterocycles.